The Kier molecular flexibility index (Phi) is 6.24. The summed E-state index contributed by atoms with van der Waals surface area (Å²) in [5.74, 6) is 1.04. The summed E-state index contributed by atoms with van der Waals surface area (Å²) in [6, 6.07) is 13.8. The van der Waals surface area contributed by atoms with Crippen LogP contribution < -0.4 is 14.8 Å². The predicted octanol–water partition coefficient (Wildman–Crippen LogP) is 3.82. The molecule has 0 spiro atoms. The molecule has 0 bridgehead atoms. The first-order chi connectivity index (χ1) is 11.5. The Morgan fingerprint density at radius 2 is 1.83 bits per heavy atom. The van der Waals surface area contributed by atoms with Crippen LogP contribution >= 0.6 is 0 Å². The van der Waals surface area contributed by atoms with Gasteiger partial charge in [0.05, 0.1) is 13.2 Å². The first kappa shape index (κ1) is 17.9. The molecule has 0 saturated carbocycles. The standard InChI is InChI=1S/C20H25NO3/c1-5-16-7-9-17(10-8-16)15(3)21-20(22)13-24-18-11-6-14(2)12-19(18)23-4/h6-12,15H,5,13H2,1-4H3,(H,21,22). The number of benzene rings is 2. The van der Waals surface area contributed by atoms with Crippen molar-refractivity contribution in [2.45, 2.75) is 33.2 Å². The Balaban J connectivity index is 1.90. The largest absolute Gasteiger partial charge is 0.493 e. The van der Waals surface area contributed by atoms with E-state index < -0.39 is 0 Å². The lowest BCUT2D eigenvalue weighted by atomic mass is 10.1. The van der Waals surface area contributed by atoms with Gasteiger partial charge < -0.3 is 14.8 Å². The molecule has 2 aromatic carbocycles. The quantitative estimate of drug-likeness (QED) is 0.841. The number of ether oxygens (including phenoxy) is 2. The van der Waals surface area contributed by atoms with Crippen molar-refractivity contribution in [3.63, 3.8) is 0 Å². The van der Waals surface area contributed by atoms with Crippen LogP contribution in [0.1, 0.15) is 36.6 Å². The molecule has 24 heavy (non-hydrogen) atoms. The van der Waals surface area contributed by atoms with E-state index in [-0.39, 0.29) is 18.6 Å². The topological polar surface area (TPSA) is 47.6 Å². The zero-order valence-electron chi connectivity index (χ0n) is 14.8. The lowest BCUT2D eigenvalue weighted by Gasteiger charge is -2.16. The molecule has 0 saturated heterocycles. The Bertz CT molecular complexity index is 680. The molecule has 4 nitrogen and oxygen atoms in total. The van der Waals surface area contributed by atoms with E-state index in [1.807, 2.05) is 44.2 Å². The monoisotopic (exact) mass is 327 g/mol. The van der Waals surface area contributed by atoms with E-state index in [2.05, 4.69) is 24.4 Å². The number of hydrogen-bond donors (Lipinski definition) is 1. The van der Waals surface area contributed by atoms with Gasteiger partial charge in [-0.25, -0.2) is 0 Å². The number of carbonyl (C=O) groups excluding carboxylic acids is 1. The molecule has 128 valence electrons. The van der Waals surface area contributed by atoms with Gasteiger partial charge in [-0.1, -0.05) is 37.3 Å². The molecule has 1 N–H and O–H groups in total. The molecular weight excluding hydrogens is 302 g/mol. The maximum atomic E-state index is 12.1. The highest BCUT2D eigenvalue weighted by atomic mass is 16.5. The normalized spacial score (nSPS) is 11.7. The molecular formula is C20H25NO3. The van der Waals surface area contributed by atoms with Crippen LogP contribution in [0.5, 0.6) is 11.5 Å². The van der Waals surface area contributed by atoms with E-state index in [1.165, 1.54) is 5.56 Å². The third-order valence-electron chi connectivity index (χ3n) is 3.94. The molecule has 4 heteroatoms. The maximum absolute atomic E-state index is 12.1. The van der Waals surface area contributed by atoms with Crippen molar-refractivity contribution < 1.29 is 14.3 Å². The maximum Gasteiger partial charge on any atom is 0.258 e. The van der Waals surface area contributed by atoms with Crippen molar-refractivity contribution in [2.24, 2.45) is 0 Å². The van der Waals surface area contributed by atoms with Crippen LogP contribution in [-0.2, 0) is 11.2 Å². The minimum absolute atomic E-state index is 0.0448. The van der Waals surface area contributed by atoms with Crippen LogP contribution in [0.3, 0.4) is 0 Å². The van der Waals surface area contributed by atoms with Crippen LogP contribution in [0.4, 0.5) is 0 Å². The lowest BCUT2D eigenvalue weighted by molar-refractivity contribution is -0.123. The molecule has 1 amide bonds. The van der Waals surface area contributed by atoms with Crippen molar-refractivity contribution in [3.05, 3.63) is 59.2 Å². The zero-order chi connectivity index (χ0) is 17.5. The second kappa shape index (κ2) is 8.39. The summed E-state index contributed by atoms with van der Waals surface area (Å²) in [5, 5.41) is 2.95. The van der Waals surface area contributed by atoms with Gasteiger partial charge >= 0.3 is 0 Å². The first-order valence-corrected chi connectivity index (χ1v) is 8.19. The van der Waals surface area contributed by atoms with Crippen LogP contribution in [0.15, 0.2) is 42.5 Å². The van der Waals surface area contributed by atoms with Crippen molar-refractivity contribution in [1.29, 1.82) is 0 Å². The van der Waals surface area contributed by atoms with Gasteiger partial charge in [-0.15, -0.1) is 0 Å². The Morgan fingerprint density at radius 3 is 2.46 bits per heavy atom. The molecule has 0 aliphatic heterocycles. The summed E-state index contributed by atoms with van der Waals surface area (Å²) < 4.78 is 10.9. The van der Waals surface area contributed by atoms with E-state index in [0.29, 0.717) is 11.5 Å². The fourth-order valence-corrected chi connectivity index (χ4v) is 2.45. The SMILES string of the molecule is CCc1ccc(C(C)NC(=O)COc2ccc(C)cc2OC)cc1. The number of carbonyl (C=O) groups is 1. The van der Waals surface area contributed by atoms with Gasteiger partial charge in [-0.2, -0.15) is 0 Å². The second-order valence-electron chi connectivity index (χ2n) is 5.83. The van der Waals surface area contributed by atoms with Crippen LogP contribution in [0, 0.1) is 6.92 Å². The number of amides is 1. The third kappa shape index (κ3) is 4.75. The fourth-order valence-electron chi connectivity index (χ4n) is 2.45. The van der Waals surface area contributed by atoms with E-state index in [0.717, 1.165) is 17.5 Å². The highest BCUT2D eigenvalue weighted by Crippen LogP contribution is 2.27. The highest BCUT2D eigenvalue weighted by Gasteiger charge is 2.12. The summed E-state index contributed by atoms with van der Waals surface area (Å²) in [6.45, 7) is 6.02. The van der Waals surface area contributed by atoms with Crippen LogP contribution in [0.25, 0.3) is 0 Å². The number of aryl methyl sites for hydroxylation is 2. The molecule has 0 radical (unpaired) electrons. The van der Waals surface area contributed by atoms with Gasteiger partial charge in [-0.05, 0) is 49.1 Å². The second-order valence-corrected chi connectivity index (χ2v) is 5.83. The summed E-state index contributed by atoms with van der Waals surface area (Å²) in [7, 11) is 1.59. The van der Waals surface area contributed by atoms with Crippen molar-refractivity contribution in [3.8, 4) is 11.5 Å². The van der Waals surface area contributed by atoms with Gasteiger partial charge in [0.1, 0.15) is 0 Å². The molecule has 0 aromatic heterocycles. The zero-order valence-corrected chi connectivity index (χ0v) is 14.8. The van der Waals surface area contributed by atoms with Crippen LogP contribution in [0.2, 0.25) is 0 Å². The highest BCUT2D eigenvalue weighted by molar-refractivity contribution is 5.78. The molecule has 0 aliphatic carbocycles. The molecule has 2 rings (SSSR count). The number of nitrogens with one attached hydrogen (secondary N) is 1. The van der Waals surface area contributed by atoms with Gasteiger partial charge in [0.15, 0.2) is 18.1 Å². The fraction of sp³-hybridized carbons (Fsp3) is 0.350. The molecule has 1 unspecified atom stereocenters. The number of methoxy groups -OCH3 is 1. The lowest BCUT2D eigenvalue weighted by Crippen LogP contribution is -2.31. The first-order valence-electron chi connectivity index (χ1n) is 8.19. The number of rotatable bonds is 7. The molecule has 0 fully saturated rings. The molecule has 0 aliphatic rings. The molecule has 0 heterocycles. The Morgan fingerprint density at radius 1 is 1.12 bits per heavy atom. The Labute approximate surface area is 143 Å². The van der Waals surface area contributed by atoms with Gasteiger partial charge in [0.25, 0.3) is 5.91 Å². The third-order valence-corrected chi connectivity index (χ3v) is 3.94. The summed E-state index contributed by atoms with van der Waals surface area (Å²) >= 11 is 0. The number of hydrogen-bond acceptors (Lipinski definition) is 3. The van der Waals surface area contributed by atoms with Gasteiger partial charge in [0.2, 0.25) is 0 Å². The summed E-state index contributed by atoms with van der Waals surface area (Å²) in [4.78, 5) is 12.1. The average molecular weight is 327 g/mol. The molecule has 2 aromatic rings. The van der Waals surface area contributed by atoms with Crippen molar-refractivity contribution in [2.75, 3.05) is 13.7 Å². The van der Waals surface area contributed by atoms with Crippen LogP contribution in [-0.4, -0.2) is 19.6 Å². The minimum atomic E-state index is -0.162. The van der Waals surface area contributed by atoms with Gasteiger partial charge in [-0.3, -0.25) is 4.79 Å². The van der Waals surface area contributed by atoms with E-state index in [9.17, 15) is 4.79 Å². The predicted molar refractivity (Wildman–Crippen MR) is 95.6 cm³/mol. The average Bonchev–Trinajstić information content (AvgIpc) is 2.60. The van der Waals surface area contributed by atoms with Crippen molar-refractivity contribution >= 4 is 5.91 Å². The van der Waals surface area contributed by atoms with E-state index >= 15 is 0 Å². The van der Waals surface area contributed by atoms with E-state index in [4.69, 9.17) is 9.47 Å². The smallest absolute Gasteiger partial charge is 0.258 e. The summed E-state index contributed by atoms with van der Waals surface area (Å²) in [6.07, 6.45) is 1.01. The van der Waals surface area contributed by atoms with E-state index in [1.54, 1.807) is 7.11 Å². The van der Waals surface area contributed by atoms with Gasteiger partial charge in [0, 0.05) is 0 Å². The minimum Gasteiger partial charge on any atom is -0.493 e. The summed E-state index contributed by atoms with van der Waals surface area (Å²) in [5.41, 5.74) is 3.44. The Hall–Kier alpha value is -2.49. The molecule has 1 atom stereocenters. The van der Waals surface area contributed by atoms with Crippen molar-refractivity contribution in [1.82, 2.24) is 5.32 Å².